The minimum Gasteiger partial charge on any atom is -0.497 e. The van der Waals surface area contributed by atoms with Crippen molar-refractivity contribution < 1.29 is 23.7 Å². The van der Waals surface area contributed by atoms with E-state index in [2.05, 4.69) is 0 Å². The van der Waals surface area contributed by atoms with Gasteiger partial charge in [-0.1, -0.05) is 0 Å². The monoisotopic (exact) mass is 394 g/mol. The zero-order chi connectivity index (χ0) is 20.8. The van der Waals surface area contributed by atoms with Gasteiger partial charge in [0, 0.05) is 22.3 Å². The van der Waals surface area contributed by atoms with E-state index < -0.39 is 0 Å². The summed E-state index contributed by atoms with van der Waals surface area (Å²) < 4.78 is 21.5. The molecule has 0 N–H and O–H groups in total. The lowest BCUT2D eigenvalue weighted by atomic mass is 9.86. The summed E-state index contributed by atoms with van der Waals surface area (Å²) in [5.41, 5.74) is 3.18. The molecule has 5 nitrogen and oxygen atoms in total. The summed E-state index contributed by atoms with van der Waals surface area (Å²) in [6.45, 7) is 0. The van der Waals surface area contributed by atoms with Crippen LogP contribution in [-0.4, -0.2) is 34.2 Å². The number of ketones is 1. The van der Waals surface area contributed by atoms with Crippen molar-refractivity contribution in [1.82, 2.24) is 0 Å². The van der Waals surface area contributed by atoms with Gasteiger partial charge in [-0.2, -0.15) is 0 Å². The summed E-state index contributed by atoms with van der Waals surface area (Å²) in [4.78, 5) is 13.2. The maximum atomic E-state index is 13.2. The summed E-state index contributed by atoms with van der Waals surface area (Å²) in [5.74, 6) is 2.90. The second-order valence-electron chi connectivity index (χ2n) is 6.74. The van der Waals surface area contributed by atoms with Crippen LogP contribution in [0, 0.1) is 0 Å². The molecule has 1 aliphatic carbocycles. The third kappa shape index (κ3) is 4.62. The standard InChI is InChI=1S/C24H26O5/c1-26-20-8-10-22(28-3)18(14-20)12-16-6-5-7-17(24(16)25)13-19-15-21(27-2)9-11-23(19)29-4/h8-15H,5-7H2,1-4H3/b16-12-,17-13-. The fourth-order valence-electron chi connectivity index (χ4n) is 3.46. The van der Waals surface area contributed by atoms with E-state index in [9.17, 15) is 4.79 Å². The van der Waals surface area contributed by atoms with E-state index in [4.69, 9.17) is 18.9 Å². The van der Waals surface area contributed by atoms with E-state index >= 15 is 0 Å². The Bertz CT molecular complexity index is 880. The minimum atomic E-state index is 0.0472. The van der Waals surface area contributed by atoms with Crippen LogP contribution in [0.25, 0.3) is 12.2 Å². The van der Waals surface area contributed by atoms with E-state index in [-0.39, 0.29) is 5.78 Å². The van der Waals surface area contributed by atoms with Gasteiger partial charge in [0.15, 0.2) is 5.78 Å². The summed E-state index contributed by atoms with van der Waals surface area (Å²) >= 11 is 0. The molecule has 0 amide bonds. The molecule has 29 heavy (non-hydrogen) atoms. The smallest absolute Gasteiger partial charge is 0.185 e. The van der Waals surface area contributed by atoms with Crippen molar-refractivity contribution in [1.29, 1.82) is 0 Å². The lowest BCUT2D eigenvalue weighted by molar-refractivity contribution is -0.112. The Morgan fingerprint density at radius 3 is 1.52 bits per heavy atom. The van der Waals surface area contributed by atoms with E-state index in [0.717, 1.165) is 53.0 Å². The Morgan fingerprint density at radius 1 is 0.690 bits per heavy atom. The summed E-state index contributed by atoms with van der Waals surface area (Å²) in [5, 5.41) is 0. The van der Waals surface area contributed by atoms with E-state index in [1.165, 1.54) is 0 Å². The van der Waals surface area contributed by atoms with Gasteiger partial charge in [-0.05, 0) is 67.8 Å². The number of methoxy groups -OCH3 is 4. The Labute approximate surface area is 171 Å². The van der Waals surface area contributed by atoms with E-state index in [0.29, 0.717) is 11.5 Å². The molecule has 0 aliphatic heterocycles. The fourth-order valence-corrected chi connectivity index (χ4v) is 3.46. The van der Waals surface area contributed by atoms with Gasteiger partial charge >= 0.3 is 0 Å². The van der Waals surface area contributed by atoms with Crippen molar-refractivity contribution in [3.8, 4) is 23.0 Å². The Kier molecular flexibility index (Phi) is 6.60. The largest absolute Gasteiger partial charge is 0.497 e. The average molecular weight is 394 g/mol. The molecule has 0 aromatic heterocycles. The third-order valence-corrected chi connectivity index (χ3v) is 5.01. The lowest BCUT2D eigenvalue weighted by Crippen LogP contribution is -2.12. The molecule has 1 fully saturated rings. The lowest BCUT2D eigenvalue weighted by Gasteiger charge is -2.18. The molecule has 2 aromatic rings. The van der Waals surface area contributed by atoms with Crippen LogP contribution in [0.15, 0.2) is 47.5 Å². The first-order valence-corrected chi connectivity index (χ1v) is 9.49. The minimum absolute atomic E-state index is 0.0472. The van der Waals surface area contributed by atoms with Crippen LogP contribution in [0.3, 0.4) is 0 Å². The van der Waals surface area contributed by atoms with Gasteiger partial charge in [-0.3, -0.25) is 4.79 Å². The molecule has 5 heteroatoms. The highest BCUT2D eigenvalue weighted by molar-refractivity contribution is 6.14. The van der Waals surface area contributed by atoms with Crippen molar-refractivity contribution in [3.63, 3.8) is 0 Å². The second-order valence-corrected chi connectivity index (χ2v) is 6.74. The zero-order valence-electron chi connectivity index (χ0n) is 17.3. The van der Waals surface area contributed by atoms with Gasteiger partial charge in [-0.25, -0.2) is 0 Å². The van der Waals surface area contributed by atoms with Gasteiger partial charge in [0.25, 0.3) is 0 Å². The number of carbonyl (C=O) groups is 1. The van der Waals surface area contributed by atoms with Gasteiger partial charge in [-0.15, -0.1) is 0 Å². The topological polar surface area (TPSA) is 54.0 Å². The van der Waals surface area contributed by atoms with Crippen LogP contribution in [-0.2, 0) is 4.79 Å². The molecule has 0 radical (unpaired) electrons. The molecule has 1 saturated carbocycles. The highest BCUT2D eigenvalue weighted by Gasteiger charge is 2.22. The Morgan fingerprint density at radius 2 is 1.14 bits per heavy atom. The number of allylic oxidation sites excluding steroid dienone is 2. The van der Waals surface area contributed by atoms with Crippen LogP contribution in [0.4, 0.5) is 0 Å². The summed E-state index contributed by atoms with van der Waals surface area (Å²) in [6, 6.07) is 11.1. The highest BCUT2D eigenvalue weighted by Crippen LogP contribution is 2.33. The van der Waals surface area contributed by atoms with Crippen LogP contribution in [0.2, 0.25) is 0 Å². The predicted octanol–water partition coefficient (Wildman–Crippen LogP) is 4.94. The molecule has 0 atom stereocenters. The molecule has 3 rings (SSSR count). The number of benzene rings is 2. The molecule has 0 heterocycles. The van der Waals surface area contributed by atoms with Gasteiger partial charge < -0.3 is 18.9 Å². The molecule has 2 aromatic carbocycles. The van der Waals surface area contributed by atoms with Crippen molar-refractivity contribution >= 4 is 17.9 Å². The first kappa shape index (κ1) is 20.5. The molecular formula is C24H26O5. The molecule has 152 valence electrons. The first-order chi connectivity index (χ1) is 14.1. The van der Waals surface area contributed by atoms with Gasteiger partial charge in [0.2, 0.25) is 0 Å². The van der Waals surface area contributed by atoms with Gasteiger partial charge in [0.05, 0.1) is 28.4 Å². The normalized spacial score (nSPS) is 16.8. The van der Waals surface area contributed by atoms with Crippen LogP contribution in [0.5, 0.6) is 23.0 Å². The molecular weight excluding hydrogens is 368 g/mol. The van der Waals surface area contributed by atoms with Gasteiger partial charge in [0.1, 0.15) is 23.0 Å². The van der Waals surface area contributed by atoms with Crippen molar-refractivity contribution in [2.45, 2.75) is 19.3 Å². The number of carbonyl (C=O) groups excluding carboxylic acids is 1. The molecule has 1 aliphatic rings. The van der Waals surface area contributed by atoms with E-state index in [1.807, 2.05) is 48.6 Å². The maximum absolute atomic E-state index is 13.2. The molecule has 0 unspecified atom stereocenters. The van der Waals surface area contributed by atoms with E-state index in [1.54, 1.807) is 28.4 Å². The SMILES string of the molecule is COc1ccc(OC)c(/C=C2/CCC/C(=C/c3cc(OC)ccc3OC)C2=O)c1. The maximum Gasteiger partial charge on any atom is 0.185 e. The highest BCUT2D eigenvalue weighted by atomic mass is 16.5. The number of hydrogen-bond acceptors (Lipinski definition) is 5. The van der Waals surface area contributed by atoms with Crippen molar-refractivity contribution in [2.24, 2.45) is 0 Å². The van der Waals surface area contributed by atoms with Crippen LogP contribution < -0.4 is 18.9 Å². The number of ether oxygens (including phenoxy) is 4. The molecule has 0 spiro atoms. The number of rotatable bonds is 6. The first-order valence-electron chi connectivity index (χ1n) is 9.49. The zero-order valence-corrected chi connectivity index (χ0v) is 17.3. The van der Waals surface area contributed by atoms with Crippen molar-refractivity contribution in [2.75, 3.05) is 28.4 Å². The average Bonchev–Trinajstić information content (AvgIpc) is 2.76. The number of hydrogen-bond donors (Lipinski definition) is 0. The number of Topliss-reactive ketones (excluding diaryl/α,β-unsaturated/α-hetero) is 1. The fraction of sp³-hybridized carbons (Fsp3) is 0.292. The molecule has 0 saturated heterocycles. The summed E-state index contributed by atoms with van der Waals surface area (Å²) in [6.07, 6.45) is 6.17. The third-order valence-electron chi connectivity index (χ3n) is 5.01. The van der Waals surface area contributed by atoms with Crippen LogP contribution in [0.1, 0.15) is 30.4 Å². The second kappa shape index (κ2) is 9.32. The Hall–Kier alpha value is -3.21. The van der Waals surface area contributed by atoms with Crippen molar-refractivity contribution in [3.05, 3.63) is 58.7 Å². The summed E-state index contributed by atoms with van der Waals surface area (Å²) in [7, 11) is 6.47. The quantitative estimate of drug-likeness (QED) is 0.650. The van der Waals surface area contributed by atoms with Crippen LogP contribution >= 0.6 is 0 Å². The predicted molar refractivity (Wildman–Crippen MR) is 114 cm³/mol. The Balaban J connectivity index is 1.98. The molecule has 0 bridgehead atoms.